The Morgan fingerprint density at radius 3 is 1.47 bits per heavy atom. The van der Waals surface area contributed by atoms with Gasteiger partial charge in [-0.3, -0.25) is 24.0 Å². The third-order valence-electron chi connectivity index (χ3n) is 8.36. The number of carbonyl (C=O) groups is 6. The standard InChI is InChI=1S/C34H65N7O10/c1-4-5-6-7-8-9-10-11-12-18-27(45)37-24(16-13-14-19-35)31(47)40-29(23(3)44)33(49)41-28(22(2)43)32(48)38-25(17-15-20-36)30(46)39-26(21-42)34(50)51/h22-26,28-29,42-44H,4-21,35-36H2,1-3H3,(H,37,45)(H,38,48)(H,39,46)(H,40,47)(H,41,49)(H,50,51)/t22-,23-,24+,25+,26+,28+,29+/m1/s1. The molecular formula is C34H65N7O10. The maximum atomic E-state index is 13.4. The fourth-order valence-electron chi connectivity index (χ4n) is 5.24. The number of carboxylic acid groups (broad SMARTS) is 1. The van der Waals surface area contributed by atoms with Crippen LogP contribution in [0, 0.1) is 0 Å². The van der Waals surface area contributed by atoms with Gasteiger partial charge in [0.2, 0.25) is 29.5 Å². The summed E-state index contributed by atoms with van der Waals surface area (Å²) in [6.45, 7) is 4.20. The van der Waals surface area contributed by atoms with Crippen molar-refractivity contribution in [2.24, 2.45) is 11.5 Å². The SMILES string of the molecule is CCCCCCCCCCCC(=O)N[C@@H](CCCCN)C(=O)N[C@H](C(=O)N[C@H](C(=O)N[C@@H](CCCN)C(=O)N[C@@H](CO)C(=O)O)[C@@H](C)O)[C@@H](C)O. The molecule has 0 spiro atoms. The number of carbonyl (C=O) groups excluding carboxylic acids is 5. The number of carboxylic acids is 1. The van der Waals surface area contributed by atoms with Crippen LogP contribution in [0.5, 0.6) is 0 Å². The van der Waals surface area contributed by atoms with Crippen LogP contribution in [0.1, 0.15) is 117 Å². The van der Waals surface area contributed by atoms with E-state index in [0.717, 1.165) is 19.3 Å². The number of aliphatic hydroxyl groups is 3. The molecule has 17 heteroatoms. The molecule has 0 aliphatic heterocycles. The first-order valence-electron chi connectivity index (χ1n) is 18.3. The summed E-state index contributed by atoms with van der Waals surface area (Å²) >= 11 is 0. The first-order chi connectivity index (χ1) is 24.2. The van der Waals surface area contributed by atoms with Crippen molar-refractivity contribution in [2.45, 2.75) is 160 Å². The van der Waals surface area contributed by atoms with Crippen molar-refractivity contribution in [1.82, 2.24) is 26.6 Å². The van der Waals surface area contributed by atoms with Gasteiger partial charge < -0.3 is 58.5 Å². The smallest absolute Gasteiger partial charge is 0.328 e. The Morgan fingerprint density at radius 2 is 0.980 bits per heavy atom. The van der Waals surface area contributed by atoms with Crippen molar-refractivity contribution in [3.05, 3.63) is 0 Å². The van der Waals surface area contributed by atoms with Crippen LogP contribution in [0.25, 0.3) is 0 Å². The fourth-order valence-corrected chi connectivity index (χ4v) is 5.24. The van der Waals surface area contributed by atoms with Crippen molar-refractivity contribution in [1.29, 1.82) is 0 Å². The Labute approximate surface area is 301 Å². The minimum Gasteiger partial charge on any atom is -0.480 e. The molecule has 0 radical (unpaired) electrons. The molecule has 7 atom stereocenters. The number of hydrogen-bond donors (Lipinski definition) is 11. The number of rotatable bonds is 30. The van der Waals surface area contributed by atoms with Crippen LogP contribution in [-0.2, 0) is 28.8 Å². The Morgan fingerprint density at radius 1 is 0.549 bits per heavy atom. The van der Waals surface area contributed by atoms with Crippen molar-refractivity contribution < 1.29 is 49.2 Å². The predicted molar refractivity (Wildman–Crippen MR) is 191 cm³/mol. The van der Waals surface area contributed by atoms with E-state index in [0.29, 0.717) is 25.8 Å². The number of nitrogens with two attached hydrogens (primary N) is 2. The molecule has 0 saturated carbocycles. The second-order valence-electron chi connectivity index (χ2n) is 13.0. The molecule has 0 bridgehead atoms. The predicted octanol–water partition coefficient (Wildman–Crippen LogP) is -0.962. The lowest BCUT2D eigenvalue weighted by atomic mass is 10.0. The topological polar surface area (TPSA) is 296 Å². The molecule has 296 valence electrons. The van der Waals surface area contributed by atoms with Gasteiger partial charge in [0.15, 0.2) is 0 Å². The lowest BCUT2D eigenvalue weighted by Crippen LogP contribution is -2.62. The molecule has 17 nitrogen and oxygen atoms in total. The van der Waals surface area contributed by atoms with Crippen LogP contribution in [0.15, 0.2) is 0 Å². The zero-order chi connectivity index (χ0) is 38.8. The number of amides is 5. The lowest BCUT2D eigenvalue weighted by Gasteiger charge is -2.29. The van der Waals surface area contributed by atoms with Crippen molar-refractivity contribution in [3.63, 3.8) is 0 Å². The summed E-state index contributed by atoms with van der Waals surface area (Å²) in [5.74, 6) is -5.56. The summed E-state index contributed by atoms with van der Waals surface area (Å²) in [5, 5.41) is 51.2. The van der Waals surface area contributed by atoms with E-state index in [1.807, 2.05) is 0 Å². The van der Waals surface area contributed by atoms with Crippen LogP contribution >= 0.6 is 0 Å². The highest BCUT2D eigenvalue weighted by Crippen LogP contribution is 2.11. The van der Waals surface area contributed by atoms with E-state index in [2.05, 4.69) is 33.5 Å². The molecule has 0 aliphatic rings. The van der Waals surface area contributed by atoms with Gasteiger partial charge in [0.1, 0.15) is 30.2 Å². The minimum atomic E-state index is -1.67. The van der Waals surface area contributed by atoms with Crippen LogP contribution in [0.4, 0.5) is 0 Å². The highest BCUT2D eigenvalue weighted by Gasteiger charge is 2.35. The first kappa shape index (κ1) is 47.6. The minimum absolute atomic E-state index is 0.0327. The highest BCUT2D eigenvalue weighted by atomic mass is 16.4. The molecule has 0 aromatic carbocycles. The van der Waals surface area contributed by atoms with Crippen molar-refractivity contribution in [2.75, 3.05) is 19.7 Å². The maximum Gasteiger partial charge on any atom is 0.328 e. The lowest BCUT2D eigenvalue weighted by molar-refractivity contribution is -0.143. The highest BCUT2D eigenvalue weighted by molar-refractivity contribution is 5.96. The summed E-state index contributed by atoms with van der Waals surface area (Å²) in [4.78, 5) is 76.7. The summed E-state index contributed by atoms with van der Waals surface area (Å²) in [6, 6.07) is -7.28. The van der Waals surface area contributed by atoms with Gasteiger partial charge >= 0.3 is 5.97 Å². The van der Waals surface area contributed by atoms with Crippen LogP contribution < -0.4 is 38.1 Å². The quantitative estimate of drug-likeness (QED) is 0.0398. The summed E-state index contributed by atoms with van der Waals surface area (Å²) < 4.78 is 0. The molecule has 0 aromatic rings. The van der Waals surface area contributed by atoms with Gasteiger partial charge in [-0.2, -0.15) is 0 Å². The Balaban J connectivity index is 5.55. The van der Waals surface area contributed by atoms with Gasteiger partial charge in [-0.05, 0) is 65.5 Å². The number of hydrogen-bond acceptors (Lipinski definition) is 11. The second-order valence-corrected chi connectivity index (χ2v) is 13.0. The van der Waals surface area contributed by atoms with Crippen LogP contribution in [0.3, 0.4) is 0 Å². The molecule has 0 rings (SSSR count). The normalized spacial score (nSPS) is 15.3. The summed E-state index contributed by atoms with van der Waals surface area (Å²) in [6.07, 6.45) is 8.50. The molecule has 0 unspecified atom stereocenters. The first-order valence-corrected chi connectivity index (χ1v) is 18.3. The zero-order valence-corrected chi connectivity index (χ0v) is 30.7. The van der Waals surface area contributed by atoms with Gasteiger partial charge in [-0.1, -0.05) is 58.3 Å². The monoisotopic (exact) mass is 731 g/mol. The molecule has 0 aromatic heterocycles. The van der Waals surface area contributed by atoms with Gasteiger partial charge in [0, 0.05) is 6.42 Å². The van der Waals surface area contributed by atoms with Crippen molar-refractivity contribution >= 4 is 35.5 Å². The number of nitrogens with one attached hydrogen (secondary N) is 5. The van der Waals surface area contributed by atoms with E-state index in [9.17, 15) is 44.1 Å². The van der Waals surface area contributed by atoms with E-state index in [1.54, 1.807) is 0 Å². The largest absolute Gasteiger partial charge is 0.480 e. The third kappa shape index (κ3) is 20.9. The molecule has 5 amide bonds. The van der Waals surface area contributed by atoms with Gasteiger partial charge in [0.05, 0.1) is 18.8 Å². The van der Waals surface area contributed by atoms with Crippen molar-refractivity contribution in [3.8, 4) is 0 Å². The molecule has 0 aliphatic carbocycles. The van der Waals surface area contributed by atoms with E-state index < -0.39 is 78.6 Å². The summed E-state index contributed by atoms with van der Waals surface area (Å²) in [5.41, 5.74) is 11.1. The number of aliphatic carboxylic acids is 1. The van der Waals surface area contributed by atoms with E-state index >= 15 is 0 Å². The summed E-state index contributed by atoms with van der Waals surface area (Å²) in [7, 11) is 0. The van der Waals surface area contributed by atoms with E-state index in [1.165, 1.54) is 46.0 Å². The van der Waals surface area contributed by atoms with Crippen LogP contribution in [-0.4, -0.2) is 118 Å². The Hall–Kier alpha value is -3.38. The van der Waals surface area contributed by atoms with Gasteiger partial charge in [-0.25, -0.2) is 4.79 Å². The van der Waals surface area contributed by atoms with Gasteiger partial charge in [0.25, 0.3) is 0 Å². The third-order valence-corrected chi connectivity index (χ3v) is 8.36. The van der Waals surface area contributed by atoms with E-state index in [4.69, 9.17) is 16.6 Å². The molecule has 13 N–H and O–H groups in total. The Bertz CT molecular complexity index is 1050. The average molecular weight is 732 g/mol. The van der Waals surface area contributed by atoms with Crippen LogP contribution in [0.2, 0.25) is 0 Å². The van der Waals surface area contributed by atoms with E-state index in [-0.39, 0.29) is 38.1 Å². The molecule has 0 fully saturated rings. The molecule has 0 heterocycles. The Kier molecular flexibility index (Phi) is 26.4. The number of unbranched alkanes of at least 4 members (excludes halogenated alkanes) is 9. The molecule has 0 saturated heterocycles. The molecular weight excluding hydrogens is 666 g/mol. The average Bonchev–Trinajstić information content (AvgIpc) is 3.08. The maximum absolute atomic E-state index is 13.4. The van der Waals surface area contributed by atoms with Gasteiger partial charge in [-0.15, -0.1) is 0 Å². The zero-order valence-electron chi connectivity index (χ0n) is 30.7. The fraction of sp³-hybridized carbons (Fsp3) is 0.824. The second kappa shape index (κ2) is 28.2. The number of aliphatic hydroxyl groups excluding tert-OH is 3. The molecule has 51 heavy (non-hydrogen) atoms.